The van der Waals surface area contributed by atoms with Crippen molar-refractivity contribution in [3.63, 3.8) is 0 Å². The lowest BCUT2D eigenvalue weighted by molar-refractivity contribution is 0.0706. The summed E-state index contributed by atoms with van der Waals surface area (Å²) in [4.78, 5) is 14.7. The minimum atomic E-state index is 0.0121. The van der Waals surface area contributed by atoms with Crippen LogP contribution < -0.4 is 0 Å². The number of aryl methyl sites for hydroxylation is 2. The number of benzene rings is 1. The van der Waals surface area contributed by atoms with Gasteiger partial charge in [0.2, 0.25) is 0 Å². The second-order valence-electron chi connectivity index (χ2n) is 6.22. The van der Waals surface area contributed by atoms with E-state index in [1.54, 1.807) is 4.68 Å². The Balaban J connectivity index is 1.57. The molecule has 25 heavy (non-hydrogen) atoms. The molecular formula is C18H20N6O. The molecule has 7 heteroatoms. The monoisotopic (exact) mass is 336 g/mol. The topological polar surface area (TPSA) is 68.8 Å². The predicted octanol–water partition coefficient (Wildman–Crippen LogP) is 1.99. The Bertz CT molecular complexity index is 925. The van der Waals surface area contributed by atoms with Crippen molar-refractivity contribution in [3.05, 3.63) is 59.4 Å². The van der Waals surface area contributed by atoms with Crippen LogP contribution in [0, 0.1) is 6.92 Å². The van der Waals surface area contributed by atoms with Crippen LogP contribution in [0.3, 0.4) is 0 Å². The molecule has 0 radical (unpaired) electrons. The quantitative estimate of drug-likeness (QED) is 0.733. The van der Waals surface area contributed by atoms with Crippen LogP contribution in [0.2, 0.25) is 0 Å². The number of hydrogen-bond donors (Lipinski definition) is 0. The smallest absolute Gasteiger partial charge is 0.254 e. The summed E-state index contributed by atoms with van der Waals surface area (Å²) in [6, 6.07) is 9.51. The Morgan fingerprint density at radius 1 is 1.20 bits per heavy atom. The van der Waals surface area contributed by atoms with Crippen LogP contribution in [0.4, 0.5) is 0 Å². The summed E-state index contributed by atoms with van der Waals surface area (Å²) in [5, 5.41) is 12.8. The first-order chi connectivity index (χ1) is 12.2. The van der Waals surface area contributed by atoms with Crippen molar-refractivity contribution in [1.82, 2.24) is 29.4 Å². The van der Waals surface area contributed by atoms with Gasteiger partial charge in [0, 0.05) is 31.3 Å². The summed E-state index contributed by atoms with van der Waals surface area (Å²) < 4.78 is 3.90. The fourth-order valence-corrected chi connectivity index (χ4v) is 3.18. The molecule has 0 bridgehead atoms. The summed E-state index contributed by atoms with van der Waals surface area (Å²) in [5.41, 5.74) is 2.49. The van der Waals surface area contributed by atoms with Gasteiger partial charge in [0.1, 0.15) is 5.82 Å². The van der Waals surface area contributed by atoms with E-state index in [1.807, 2.05) is 48.4 Å². The van der Waals surface area contributed by atoms with E-state index in [0.29, 0.717) is 18.7 Å². The molecule has 128 valence electrons. The minimum absolute atomic E-state index is 0.0121. The average Bonchev–Trinajstić information content (AvgIpc) is 3.26. The maximum Gasteiger partial charge on any atom is 0.254 e. The fourth-order valence-electron chi connectivity index (χ4n) is 3.18. The number of hydrogen-bond acceptors (Lipinski definition) is 4. The fraction of sp³-hybridized carbons (Fsp3) is 0.333. The number of carbonyl (C=O) groups is 1. The van der Waals surface area contributed by atoms with Crippen LogP contribution in [0.25, 0.3) is 5.69 Å². The Kier molecular flexibility index (Phi) is 3.83. The van der Waals surface area contributed by atoms with E-state index in [4.69, 9.17) is 0 Å². The van der Waals surface area contributed by atoms with Gasteiger partial charge in [-0.15, -0.1) is 10.2 Å². The summed E-state index contributed by atoms with van der Waals surface area (Å²) >= 11 is 0. The van der Waals surface area contributed by atoms with Crippen molar-refractivity contribution in [3.8, 4) is 5.69 Å². The number of amides is 1. The van der Waals surface area contributed by atoms with Gasteiger partial charge in [-0.25, -0.2) is 4.68 Å². The molecule has 3 heterocycles. The van der Waals surface area contributed by atoms with Crippen LogP contribution in [0.15, 0.2) is 36.5 Å². The van der Waals surface area contributed by atoms with Crippen molar-refractivity contribution >= 4 is 5.91 Å². The largest absolute Gasteiger partial charge is 0.329 e. The van der Waals surface area contributed by atoms with E-state index in [-0.39, 0.29) is 5.91 Å². The van der Waals surface area contributed by atoms with Crippen molar-refractivity contribution < 1.29 is 4.79 Å². The molecular weight excluding hydrogens is 316 g/mol. The average molecular weight is 336 g/mol. The van der Waals surface area contributed by atoms with Gasteiger partial charge in [0.15, 0.2) is 5.82 Å². The Labute approximate surface area is 145 Å². The molecule has 0 aliphatic carbocycles. The zero-order valence-electron chi connectivity index (χ0n) is 14.4. The number of rotatable bonds is 3. The molecule has 7 nitrogen and oxygen atoms in total. The first-order valence-corrected chi connectivity index (χ1v) is 8.48. The Morgan fingerprint density at radius 2 is 2.08 bits per heavy atom. The van der Waals surface area contributed by atoms with Crippen molar-refractivity contribution in [2.45, 2.75) is 33.4 Å². The lowest BCUT2D eigenvalue weighted by Gasteiger charge is -2.28. The first kappa shape index (κ1) is 15.6. The molecule has 0 saturated carbocycles. The van der Waals surface area contributed by atoms with E-state index < -0.39 is 0 Å². The van der Waals surface area contributed by atoms with Gasteiger partial charge in [0.05, 0.1) is 17.9 Å². The molecule has 0 unspecified atom stereocenters. The molecule has 3 aromatic rings. The molecule has 0 fully saturated rings. The molecule has 0 atom stereocenters. The van der Waals surface area contributed by atoms with E-state index in [0.717, 1.165) is 36.0 Å². The van der Waals surface area contributed by atoms with Gasteiger partial charge >= 0.3 is 0 Å². The second kappa shape index (κ2) is 6.16. The van der Waals surface area contributed by atoms with Gasteiger partial charge < -0.3 is 9.47 Å². The zero-order valence-corrected chi connectivity index (χ0v) is 14.4. The van der Waals surface area contributed by atoms with Crippen molar-refractivity contribution in [2.24, 2.45) is 0 Å². The predicted molar refractivity (Wildman–Crippen MR) is 92.4 cm³/mol. The lowest BCUT2D eigenvalue weighted by Crippen LogP contribution is -2.38. The van der Waals surface area contributed by atoms with Gasteiger partial charge in [-0.05, 0) is 31.2 Å². The van der Waals surface area contributed by atoms with Gasteiger partial charge in [-0.3, -0.25) is 4.79 Å². The summed E-state index contributed by atoms with van der Waals surface area (Å²) in [6.45, 7) is 5.92. The zero-order chi connectivity index (χ0) is 17.4. The maximum atomic E-state index is 12.9. The highest BCUT2D eigenvalue weighted by atomic mass is 16.2. The Hall–Kier alpha value is -2.96. The normalized spacial score (nSPS) is 13.8. The number of aromatic nitrogens is 5. The highest BCUT2D eigenvalue weighted by Crippen LogP contribution is 2.17. The molecule has 0 saturated heterocycles. The van der Waals surface area contributed by atoms with E-state index in [2.05, 4.69) is 26.8 Å². The molecule has 0 N–H and O–H groups in total. The molecule has 4 rings (SSSR count). The molecule has 1 amide bonds. The van der Waals surface area contributed by atoms with Gasteiger partial charge in [-0.1, -0.05) is 13.0 Å². The van der Waals surface area contributed by atoms with E-state index in [9.17, 15) is 4.79 Å². The van der Waals surface area contributed by atoms with E-state index >= 15 is 0 Å². The highest BCUT2D eigenvalue weighted by molar-refractivity contribution is 5.94. The maximum absolute atomic E-state index is 12.9. The minimum Gasteiger partial charge on any atom is -0.329 e. The van der Waals surface area contributed by atoms with Gasteiger partial charge in [-0.2, -0.15) is 5.10 Å². The third kappa shape index (κ3) is 2.82. The van der Waals surface area contributed by atoms with Crippen LogP contribution in [-0.2, 0) is 19.5 Å². The standard InChI is InChI=1S/C18H20N6O/c1-3-16-19-20-17-12-22(9-10-23(16)17)18(25)14-5-4-6-15(11-14)24-8-7-13(2)21-24/h4-8,11H,3,9-10,12H2,1-2H3. The summed E-state index contributed by atoms with van der Waals surface area (Å²) in [7, 11) is 0. The third-order valence-electron chi connectivity index (χ3n) is 4.51. The third-order valence-corrected chi connectivity index (χ3v) is 4.51. The number of nitrogens with zero attached hydrogens (tertiary/aromatic N) is 6. The molecule has 0 spiro atoms. The first-order valence-electron chi connectivity index (χ1n) is 8.48. The van der Waals surface area contributed by atoms with E-state index in [1.165, 1.54) is 0 Å². The number of fused-ring (bicyclic) bond motifs is 1. The van der Waals surface area contributed by atoms with Crippen LogP contribution in [0.5, 0.6) is 0 Å². The summed E-state index contributed by atoms with van der Waals surface area (Å²) in [5.74, 6) is 1.85. The number of carbonyl (C=O) groups excluding carboxylic acids is 1. The molecule has 1 aliphatic rings. The van der Waals surface area contributed by atoms with Crippen molar-refractivity contribution in [1.29, 1.82) is 0 Å². The second-order valence-corrected chi connectivity index (χ2v) is 6.22. The Morgan fingerprint density at radius 3 is 2.84 bits per heavy atom. The van der Waals surface area contributed by atoms with Crippen molar-refractivity contribution in [2.75, 3.05) is 6.54 Å². The SMILES string of the molecule is CCc1nnc2n1CCN(C(=O)c1cccc(-n3ccc(C)n3)c1)C2. The molecule has 1 aromatic carbocycles. The summed E-state index contributed by atoms with van der Waals surface area (Å²) in [6.07, 6.45) is 2.75. The van der Waals surface area contributed by atoms with Crippen LogP contribution >= 0.6 is 0 Å². The molecule has 2 aromatic heterocycles. The van der Waals surface area contributed by atoms with Crippen LogP contribution in [-0.4, -0.2) is 41.9 Å². The molecule has 1 aliphatic heterocycles. The highest BCUT2D eigenvalue weighted by Gasteiger charge is 2.25. The van der Waals surface area contributed by atoms with Gasteiger partial charge in [0.25, 0.3) is 5.91 Å². The van der Waals surface area contributed by atoms with Crippen LogP contribution in [0.1, 0.15) is 34.6 Å². The lowest BCUT2D eigenvalue weighted by atomic mass is 10.1.